The first-order chi connectivity index (χ1) is 8.61. The largest absolute Gasteiger partial charge is 0.465 e. The van der Waals surface area contributed by atoms with Crippen molar-refractivity contribution in [3.8, 4) is 0 Å². The van der Waals surface area contributed by atoms with E-state index in [-0.39, 0.29) is 12.0 Å². The molecule has 0 aliphatic heterocycles. The summed E-state index contributed by atoms with van der Waals surface area (Å²) in [5, 5.41) is 17.3. The molecule has 0 aromatic carbocycles. The molecule has 2 N–H and O–H groups in total. The fourth-order valence-corrected chi connectivity index (χ4v) is 2.31. The summed E-state index contributed by atoms with van der Waals surface area (Å²) in [6.07, 6.45) is 0. The van der Waals surface area contributed by atoms with E-state index in [9.17, 15) is 4.79 Å². The molecule has 1 atom stereocenters. The van der Waals surface area contributed by atoms with Gasteiger partial charge in [-0.15, -0.1) is 10.2 Å². The van der Waals surface area contributed by atoms with E-state index in [1.807, 2.05) is 6.92 Å². The summed E-state index contributed by atoms with van der Waals surface area (Å²) in [6, 6.07) is -0.153. The Kier molecular flexibility index (Phi) is 3.51. The van der Waals surface area contributed by atoms with Gasteiger partial charge >= 0.3 is 5.97 Å². The Labute approximate surface area is 107 Å². The Bertz CT molecular complexity index is 537. The van der Waals surface area contributed by atoms with Crippen LogP contribution >= 0.6 is 11.3 Å². The number of aromatic nitrogens is 5. The van der Waals surface area contributed by atoms with Crippen molar-refractivity contribution in [1.82, 2.24) is 25.6 Å². The number of aromatic amines is 1. The maximum Gasteiger partial charge on any atom is 0.350 e. The number of aryl methyl sites for hydroxylation is 1. The number of hydrogen-bond acceptors (Lipinski definition) is 8. The molecule has 0 amide bonds. The second kappa shape index (κ2) is 5.08. The monoisotopic (exact) mass is 268 g/mol. The van der Waals surface area contributed by atoms with Crippen LogP contribution in [0.1, 0.15) is 34.2 Å². The van der Waals surface area contributed by atoms with Gasteiger partial charge < -0.3 is 10.1 Å². The number of methoxy groups -OCH3 is 1. The molecule has 0 saturated heterocycles. The predicted molar refractivity (Wildman–Crippen MR) is 64.4 cm³/mol. The highest BCUT2D eigenvalue weighted by Crippen LogP contribution is 2.25. The molecule has 96 valence electrons. The molecule has 2 rings (SSSR count). The van der Waals surface area contributed by atoms with Gasteiger partial charge in [-0.05, 0) is 13.8 Å². The van der Waals surface area contributed by atoms with Gasteiger partial charge in [0, 0.05) is 0 Å². The van der Waals surface area contributed by atoms with Crippen LogP contribution in [0.15, 0.2) is 0 Å². The van der Waals surface area contributed by atoms with Gasteiger partial charge in [-0.25, -0.2) is 9.78 Å². The van der Waals surface area contributed by atoms with Crippen LogP contribution < -0.4 is 5.32 Å². The molecule has 0 fully saturated rings. The number of anilines is 1. The molecule has 2 aromatic rings. The molecule has 0 spiro atoms. The van der Waals surface area contributed by atoms with Crippen LogP contribution in [0.3, 0.4) is 0 Å². The summed E-state index contributed by atoms with van der Waals surface area (Å²) < 4.78 is 4.67. The Balaban J connectivity index is 2.13. The number of nitrogens with one attached hydrogen (secondary N) is 2. The summed E-state index contributed by atoms with van der Waals surface area (Å²) >= 11 is 1.23. The molecule has 0 aliphatic carbocycles. The molecule has 1 unspecified atom stereocenters. The van der Waals surface area contributed by atoms with Crippen LogP contribution in [-0.2, 0) is 4.74 Å². The lowest BCUT2D eigenvalue weighted by Crippen LogP contribution is -2.08. The van der Waals surface area contributed by atoms with Gasteiger partial charge in [0.25, 0.3) is 0 Å². The molecule has 9 heteroatoms. The number of tetrazole rings is 1. The van der Waals surface area contributed by atoms with Gasteiger partial charge in [0.1, 0.15) is 4.88 Å². The number of H-pyrrole nitrogens is 1. The first-order valence-electron chi connectivity index (χ1n) is 5.17. The Morgan fingerprint density at radius 2 is 2.33 bits per heavy atom. The molecular formula is C9H12N6O2S. The second-order valence-corrected chi connectivity index (χ2v) is 4.56. The van der Waals surface area contributed by atoms with Crippen molar-refractivity contribution in [2.75, 3.05) is 12.4 Å². The number of rotatable bonds is 4. The first kappa shape index (κ1) is 12.4. The van der Waals surface area contributed by atoms with Gasteiger partial charge in [0.15, 0.2) is 11.0 Å². The minimum absolute atomic E-state index is 0.153. The van der Waals surface area contributed by atoms with Crippen molar-refractivity contribution in [3.63, 3.8) is 0 Å². The number of ether oxygens (including phenoxy) is 1. The maximum atomic E-state index is 11.4. The minimum Gasteiger partial charge on any atom is -0.465 e. The summed E-state index contributed by atoms with van der Waals surface area (Å²) in [6.45, 7) is 3.63. The van der Waals surface area contributed by atoms with Crippen molar-refractivity contribution in [2.24, 2.45) is 0 Å². The van der Waals surface area contributed by atoms with Gasteiger partial charge in [0.2, 0.25) is 0 Å². The van der Waals surface area contributed by atoms with E-state index in [4.69, 9.17) is 0 Å². The Morgan fingerprint density at radius 1 is 1.56 bits per heavy atom. The quantitative estimate of drug-likeness (QED) is 0.794. The molecule has 0 bridgehead atoms. The van der Waals surface area contributed by atoms with Crippen LogP contribution in [0, 0.1) is 6.92 Å². The van der Waals surface area contributed by atoms with E-state index >= 15 is 0 Å². The van der Waals surface area contributed by atoms with Gasteiger partial charge in [-0.3, -0.25) is 0 Å². The van der Waals surface area contributed by atoms with Crippen molar-refractivity contribution in [2.45, 2.75) is 19.9 Å². The van der Waals surface area contributed by atoms with E-state index < -0.39 is 0 Å². The molecule has 18 heavy (non-hydrogen) atoms. The molecule has 0 radical (unpaired) electrons. The first-order valence-corrected chi connectivity index (χ1v) is 5.99. The number of carbonyl (C=O) groups excluding carboxylic acids is 1. The van der Waals surface area contributed by atoms with E-state index in [1.54, 1.807) is 6.92 Å². The average Bonchev–Trinajstić information content (AvgIpc) is 2.97. The Hall–Kier alpha value is -2.03. The molecule has 0 aliphatic rings. The normalized spacial score (nSPS) is 12.2. The zero-order valence-corrected chi connectivity index (χ0v) is 10.9. The zero-order valence-electron chi connectivity index (χ0n) is 10.1. The summed E-state index contributed by atoms with van der Waals surface area (Å²) in [7, 11) is 1.34. The van der Waals surface area contributed by atoms with E-state index in [2.05, 4.69) is 35.7 Å². The van der Waals surface area contributed by atoms with Crippen LogP contribution in [0.25, 0.3) is 0 Å². The number of esters is 1. The molecule has 0 saturated carbocycles. The lowest BCUT2D eigenvalue weighted by Gasteiger charge is -2.06. The zero-order chi connectivity index (χ0) is 13.1. The minimum atomic E-state index is -0.384. The van der Waals surface area contributed by atoms with Crippen molar-refractivity contribution in [1.29, 1.82) is 0 Å². The number of carbonyl (C=O) groups is 1. The second-order valence-electron chi connectivity index (χ2n) is 3.56. The molecule has 2 heterocycles. The molecular weight excluding hydrogens is 256 g/mol. The third-order valence-corrected chi connectivity index (χ3v) is 3.33. The fourth-order valence-electron chi connectivity index (χ4n) is 1.34. The van der Waals surface area contributed by atoms with E-state index in [0.717, 1.165) is 0 Å². The van der Waals surface area contributed by atoms with Crippen molar-refractivity contribution < 1.29 is 9.53 Å². The van der Waals surface area contributed by atoms with E-state index in [1.165, 1.54) is 18.4 Å². The highest BCUT2D eigenvalue weighted by atomic mass is 32.1. The van der Waals surface area contributed by atoms with Gasteiger partial charge in [-0.1, -0.05) is 16.6 Å². The number of nitrogens with zero attached hydrogens (tertiary/aromatic N) is 4. The Morgan fingerprint density at radius 3 is 2.94 bits per heavy atom. The van der Waals surface area contributed by atoms with E-state index in [0.29, 0.717) is 21.5 Å². The number of hydrogen-bond donors (Lipinski definition) is 2. The highest BCUT2D eigenvalue weighted by Gasteiger charge is 2.18. The molecule has 8 nitrogen and oxygen atoms in total. The third-order valence-electron chi connectivity index (χ3n) is 2.26. The SMILES string of the molecule is COC(=O)c1sc(NC(C)c2nn[nH]n2)nc1C. The fraction of sp³-hybridized carbons (Fsp3) is 0.444. The van der Waals surface area contributed by atoms with Gasteiger partial charge in [-0.2, -0.15) is 5.21 Å². The van der Waals surface area contributed by atoms with Crippen LogP contribution in [0.4, 0.5) is 5.13 Å². The number of thiazole rings is 1. The standard InChI is InChI=1S/C9H12N6O2S/c1-4-6(8(16)17-3)18-9(10-4)11-5(2)7-12-14-15-13-7/h5H,1-3H3,(H,10,11)(H,12,13,14,15). The summed E-state index contributed by atoms with van der Waals surface area (Å²) in [5.41, 5.74) is 0.634. The van der Waals surface area contributed by atoms with Crippen LogP contribution in [-0.4, -0.2) is 38.7 Å². The molecule has 2 aromatic heterocycles. The maximum absolute atomic E-state index is 11.4. The topological polar surface area (TPSA) is 106 Å². The average molecular weight is 268 g/mol. The van der Waals surface area contributed by atoms with Gasteiger partial charge in [0.05, 0.1) is 18.8 Å². The lowest BCUT2D eigenvalue weighted by atomic mass is 10.3. The van der Waals surface area contributed by atoms with Crippen LogP contribution in [0.2, 0.25) is 0 Å². The third kappa shape index (κ3) is 2.45. The summed E-state index contributed by atoms with van der Waals surface area (Å²) in [4.78, 5) is 16.2. The van der Waals surface area contributed by atoms with Crippen molar-refractivity contribution >= 4 is 22.4 Å². The summed E-state index contributed by atoms with van der Waals surface area (Å²) in [5.74, 6) is 0.146. The smallest absolute Gasteiger partial charge is 0.350 e. The predicted octanol–water partition coefficient (Wildman–Crippen LogP) is 0.924. The van der Waals surface area contributed by atoms with Crippen LogP contribution in [0.5, 0.6) is 0 Å². The highest BCUT2D eigenvalue weighted by molar-refractivity contribution is 7.17. The lowest BCUT2D eigenvalue weighted by molar-refractivity contribution is 0.0605. The van der Waals surface area contributed by atoms with Crippen molar-refractivity contribution in [3.05, 3.63) is 16.4 Å².